The SMILES string of the molecule is CCn1c(SCc2ccccc2F)nnc1-c1ccc(C)c(Cl)c1. The van der Waals surface area contributed by atoms with Gasteiger partial charge >= 0.3 is 0 Å². The minimum absolute atomic E-state index is 0.196. The molecule has 1 aromatic heterocycles. The smallest absolute Gasteiger partial charge is 0.191 e. The van der Waals surface area contributed by atoms with Gasteiger partial charge in [0.2, 0.25) is 0 Å². The maximum absolute atomic E-state index is 13.8. The summed E-state index contributed by atoms with van der Waals surface area (Å²) in [6.07, 6.45) is 0. The van der Waals surface area contributed by atoms with Crippen molar-refractivity contribution in [3.8, 4) is 11.4 Å². The number of halogens is 2. The van der Waals surface area contributed by atoms with Gasteiger partial charge in [-0.05, 0) is 37.1 Å². The molecule has 3 nitrogen and oxygen atoms in total. The summed E-state index contributed by atoms with van der Waals surface area (Å²) in [4.78, 5) is 0. The fraction of sp³-hybridized carbons (Fsp3) is 0.222. The van der Waals surface area contributed by atoms with E-state index in [2.05, 4.69) is 10.2 Å². The van der Waals surface area contributed by atoms with Crippen molar-refractivity contribution < 1.29 is 4.39 Å². The molecule has 124 valence electrons. The van der Waals surface area contributed by atoms with E-state index >= 15 is 0 Å². The van der Waals surface area contributed by atoms with Gasteiger partial charge in [0.25, 0.3) is 0 Å². The highest BCUT2D eigenvalue weighted by molar-refractivity contribution is 7.98. The molecule has 0 bridgehead atoms. The summed E-state index contributed by atoms with van der Waals surface area (Å²) in [6, 6.07) is 12.6. The van der Waals surface area contributed by atoms with Crippen LogP contribution < -0.4 is 0 Å². The second-order valence-corrected chi connectivity index (χ2v) is 6.74. The highest BCUT2D eigenvalue weighted by Crippen LogP contribution is 2.29. The molecule has 24 heavy (non-hydrogen) atoms. The van der Waals surface area contributed by atoms with E-state index in [0.29, 0.717) is 16.3 Å². The first kappa shape index (κ1) is 17.0. The summed E-state index contributed by atoms with van der Waals surface area (Å²) in [7, 11) is 0. The zero-order chi connectivity index (χ0) is 17.1. The van der Waals surface area contributed by atoms with Crippen LogP contribution in [0.3, 0.4) is 0 Å². The lowest BCUT2D eigenvalue weighted by atomic mass is 10.1. The summed E-state index contributed by atoms with van der Waals surface area (Å²) < 4.78 is 15.8. The highest BCUT2D eigenvalue weighted by Gasteiger charge is 2.14. The first-order chi connectivity index (χ1) is 11.6. The Kier molecular flexibility index (Phi) is 5.21. The van der Waals surface area contributed by atoms with Gasteiger partial charge in [0.15, 0.2) is 11.0 Å². The highest BCUT2D eigenvalue weighted by atomic mass is 35.5. The van der Waals surface area contributed by atoms with Gasteiger partial charge in [-0.25, -0.2) is 4.39 Å². The van der Waals surface area contributed by atoms with E-state index in [9.17, 15) is 4.39 Å². The zero-order valence-electron chi connectivity index (χ0n) is 13.5. The molecule has 6 heteroatoms. The van der Waals surface area contributed by atoms with Crippen LogP contribution in [0.15, 0.2) is 47.6 Å². The average molecular weight is 362 g/mol. The molecule has 0 saturated heterocycles. The van der Waals surface area contributed by atoms with E-state index in [1.807, 2.05) is 42.7 Å². The average Bonchev–Trinajstić information content (AvgIpc) is 2.99. The fourth-order valence-corrected chi connectivity index (χ4v) is 3.55. The molecular formula is C18H17ClFN3S. The van der Waals surface area contributed by atoms with E-state index in [1.54, 1.807) is 12.1 Å². The second kappa shape index (κ2) is 7.36. The first-order valence-corrected chi connectivity index (χ1v) is 9.02. The maximum Gasteiger partial charge on any atom is 0.191 e. The molecule has 0 aliphatic carbocycles. The van der Waals surface area contributed by atoms with E-state index in [1.165, 1.54) is 17.8 Å². The lowest BCUT2D eigenvalue weighted by molar-refractivity contribution is 0.617. The minimum Gasteiger partial charge on any atom is -0.302 e. The van der Waals surface area contributed by atoms with Crippen LogP contribution >= 0.6 is 23.4 Å². The van der Waals surface area contributed by atoms with Crippen molar-refractivity contribution in [1.82, 2.24) is 14.8 Å². The van der Waals surface area contributed by atoms with Crippen LogP contribution in [-0.4, -0.2) is 14.8 Å². The summed E-state index contributed by atoms with van der Waals surface area (Å²) in [5, 5.41) is 10.1. The van der Waals surface area contributed by atoms with Gasteiger partial charge in [-0.3, -0.25) is 0 Å². The van der Waals surface area contributed by atoms with Crippen LogP contribution in [0.25, 0.3) is 11.4 Å². The number of aryl methyl sites for hydroxylation is 1. The van der Waals surface area contributed by atoms with Crippen molar-refractivity contribution in [3.63, 3.8) is 0 Å². The Labute approximate surface area is 149 Å². The van der Waals surface area contributed by atoms with Crippen LogP contribution in [-0.2, 0) is 12.3 Å². The number of hydrogen-bond acceptors (Lipinski definition) is 3. The molecule has 0 N–H and O–H groups in total. The molecule has 0 fully saturated rings. The molecule has 0 aliphatic heterocycles. The van der Waals surface area contributed by atoms with Crippen LogP contribution in [0, 0.1) is 12.7 Å². The van der Waals surface area contributed by atoms with Crippen LogP contribution in [0.1, 0.15) is 18.1 Å². The third-order valence-corrected chi connectivity index (χ3v) is 5.20. The van der Waals surface area contributed by atoms with E-state index in [0.717, 1.165) is 28.7 Å². The fourth-order valence-electron chi connectivity index (χ4n) is 2.38. The largest absolute Gasteiger partial charge is 0.302 e. The predicted octanol–water partition coefficient (Wildman–Crippen LogP) is 5.36. The van der Waals surface area contributed by atoms with Crippen molar-refractivity contribution in [3.05, 3.63) is 64.4 Å². The zero-order valence-corrected chi connectivity index (χ0v) is 15.0. The summed E-state index contributed by atoms with van der Waals surface area (Å²) in [6.45, 7) is 4.73. The maximum atomic E-state index is 13.8. The van der Waals surface area contributed by atoms with Crippen LogP contribution in [0.5, 0.6) is 0 Å². The predicted molar refractivity (Wildman–Crippen MR) is 96.8 cm³/mol. The third kappa shape index (κ3) is 3.47. The van der Waals surface area contributed by atoms with Gasteiger partial charge < -0.3 is 4.57 Å². The Morgan fingerprint density at radius 3 is 2.67 bits per heavy atom. The lowest BCUT2D eigenvalue weighted by Crippen LogP contribution is -2.00. The van der Waals surface area contributed by atoms with Gasteiger partial charge in [0.05, 0.1) is 0 Å². The van der Waals surface area contributed by atoms with Gasteiger partial charge in [0.1, 0.15) is 5.82 Å². The van der Waals surface area contributed by atoms with Crippen molar-refractivity contribution in [1.29, 1.82) is 0 Å². The Morgan fingerprint density at radius 2 is 1.96 bits per heavy atom. The topological polar surface area (TPSA) is 30.7 Å². The molecule has 0 spiro atoms. The molecule has 0 unspecified atom stereocenters. The standard InChI is InChI=1S/C18H17ClFN3S/c1-3-23-17(13-9-8-12(2)15(19)10-13)21-22-18(23)24-11-14-6-4-5-7-16(14)20/h4-10H,3,11H2,1-2H3. The summed E-state index contributed by atoms with van der Waals surface area (Å²) in [5.74, 6) is 1.09. The number of hydrogen-bond donors (Lipinski definition) is 0. The van der Waals surface area contributed by atoms with E-state index in [-0.39, 0.29) is 5.82 Å². The quantitative estimate of drug-likeness (QED) is 0.573. The van der Waals surface area contributed by atoms with Crippen LogP contribution in [0.4, 0.5) is 4.39 Å². The monoisotopic (exact) mass is 361 g/mol. The van der Waals surface area contributed by atoms with Crippen molar-refractivity contribution in [2.24, 2.45) is 0 Å². The molecule has 0 aliphatic rings. The molecule has 3 rings (SSSR count). The van der Waals surface area contributed by atoms with Crippen molar-refractivity contribution >= 4 is 23.4 Å². The Bertz CT molecular complexity index is 863. The van der Waals surface area contributed by atoms with Gasteiger partial charge in [0, 0.05) is 22.9 Å². The number of nitrogens with zero attached hydrogens (tertiary/aromatic N) is 3. The Hall–Kier alpha value is -1.85. The molecule has 0 saturated carbocycles. The van der Waals surface area contributed by atoms with E-state index in [4.69, 9.17) is 11.6 Å². The molecule has 0 amide bonds. The summed E-state index contributed by atoms with van der Waals surface area (Å²) in [5.41, 5.74) is 2.61. The van der Waals surface area contributed by atoms with Gasteiger partial charge in [-0.15, -0.1) is 10.2 Å². The van der Waals surface area contributed by atoms with Gasteiger partial charge in [-0.2, -0.15) is 0 Å². The molecule has 3 aromatic rings. The third-order valence-electron chi connectivity index (χ3n) is 3.78. The minimum atomic E-state index is -0.196. The second-order valence-electron chi connectivity index (χ2n) is 5.39. The van der Waals surface area contributed by atoms with Crippen molar-refractivity contribution in [2.75, 3.05) is 0 Å². The Morgan fingerprint density at radius 1 is 1.17 bits per heavy atom. The molecular weight excluding hydrogens is 345 g/mol. The molecule has 0 atom stereocenters. The number of rotatable bonds is 5. The summed E-state index contributed by atoms with van der Waals surface area (Å²) >= 11 is 7.70. The van der Waals surface area contributed by atoms with E-state index < -0.39 is 0 Å². The molecule has 0 radical (unpaired) electrons. The molecule has 1 heterocycles. The normalized spacial score (nSPS) is 11.0. The lowest BCUT2D eigenvalue weighted by Gasteiger charge is -2.08. The number of aromatic nitrogens is 3. The van der Waals surface area contributed by atoms with Gasteiger partial charge in [-0.1, -0.05) is 53.7 Å². The first-order valence-electron chi connectivity index (χ1n) is 7.66. The van der Waals surface area contributed by atoms with Crippen LogP contribution in [0.2, 0.25) is 5.02 Å². The van der Waals surface area contributed by atoms with Crippen molar-refractivity contribution in [2.45, 2.75) is 31.3 Å². The molecule has 2 aromatic carbocycles. The number of benzene rings is 2. The number of thioether (sulfide) groups is 1. The Balaban J connectivity index is 1.87.